The molecule has 1 aliphatic rings. The second-order valence-corrected chi connectivity index (χ2v) is 10.5. The van der Waals surface area contributed by atoms with E-state index in [0.717, 1.165) is 33.3 Å². The quantitative estimate of drug-likeness (QED) is 0.265. The molecule has 3 aromatic carbocycles. The molecular formula is C27H20Cl3N3OS. The summed E-state index contributed by atoms with van der Waals surface area (Å²) in [5.41, 5.74) is 5.73. The summed E-state index contributed by atoms with van der Waals surface area (Å²) in [5.74, 6) is -0.177. The maximum absolute atomic E-state index is 12.8. The maximum atomic E-state index is 12.8. The first kappa shape index (κ1) is 24.0. The summed E-state index contributed by atoms with van der Waals surface area (Å²) in [6, 6.07) is 19.3. The summed E-state index contributed by atoms with van der Waals surface area (Å²) < 4.78 is 2.21. The van der Waals surface area contributed by atoms with Crippen molar-refractivity contribution in [2.24, 2.45) is 4.99 Å². The van der Waals surface area contributed by atoms with Crippen LogP contribution in [0.3, 0.4) is 0 Å². The van der Waals surface area contributed by atoms with Gasteiger partial charge in [0.05, 0.1) is 10.6 Å². The molecule has 0 spiro atoms. The number of aromatic nitrogens is 1. The molecule has 5 rings (SSSR count). The van der Waals surface area contributed by atoms with Crippen LogP contribution in [0.5, 0.6) is 0 Å². The highest BCUT2D eigenvalue weighted by molar-refractivity contribution is 8.18. The lowest BCUT2D eigenvalue weighted by molar-refractivity contribution is -0.115. The summed E-state index contributed by atoms with van der Waals surface area (Å²) in [6.07, 6.45) is 1.93. The molecule has 0 radical (unpaired) electrons. The number of nitrogens with zero attached hydrogens (tertiary/aromatic N) is 2. The summed E-state index contributed by atoms with van der Waals surface area (Å²) in [5, 5.41) is 6.31. The molecule has 1 fully saturated rings. The largest absolute Gasteiger partial charge is 0.340 e. The van der Waals surface area contributed by atoms with Crippen LogP contribution >= 0.6 is 46.6 Å². The van der Waals surface area contributed by atoms with Crippen molar-refractivity contribution in [2.75, 3.05) is 0 Å². The number of halogens is 3. The van der Waals surface area contributed by atoms with Crippen LogP contribution in [0, 0.1) is 13.8 Å². The average molecular weight is 541 g/mol. The number of hydrogen-bond donors (Lipinski definition) is 1. The van der Waals surface area contributed by atoms with Gasteiger partial charge in [0.15, 0.2) is 5.17 Å². The topological polar surface area (TPSA) is 46.4 Å². The number of fused-ring (bicyclic) bond motifs is 1. The zero-order valence-corrected chi connectivity index (χ0v) is 22.0. The SMILES string of the molecule is Cc1ccc(N=C2NC(=O)/C(=C/c3c(C)n(Cc4ccc(Cl)cc4Cl)c4ccccc34)S2)cc1Cl. The summed E-state index contributed by atoms with van der Waals surface area (Å²) in [7, 11) is 0. The van der Waals surface area contributed by atoms with Crippen LogP contribution < -0.4 is 5.32 Å². The molecule has 35 heavy (non-hydrogen) atoms. The van der Waals surface area contributed by atoms with Crippen molar-refractivity contribution in [2.45, 2.75) is 20.4 Å². The molecule has 0 aliphatic carbocycles. The molecule has 1 saturated heterocycles. The van der Waals surface area contributed by atoms with Crippen molar-refractivity contribution < 1.29 is 4.79 Å². The minimum absolute atomic E-state index is 0.177. The number of amidine groups is 1. The zero-order valence-electron chi connectivity index (χ0n) is 18.9. The average Bonchev–Trinajstić information content (AvgIpc) is 3.30. The molecule has 0 bridgehead atoms. The van der Waals surface area contributed by atoms with Crippen LogP contribution in [0.15, 0.2) is 70.6 Å². The Morgan fingerprint density at radius 2 is 1.80 bits per heavy atom. The Kier molecular flexibility index (Phi) is 6.69. The predicted octanol–water partition coefficient (Wildman–Crippen LogP) is 8.16. The van der Waals surface area contributed by atoms with Crippen LogP contribution in [-0.4, -0.2) is 15.6 Å². The summed E-state index contributed by atoms with van der Waals surface area (Å²) in [6.45, 7) is 4.58. The number of carbonyl (C=O) groups is 1. The number of benzene rings is 3. The van der Waals surface area contributed by atoms with Crippen LogP contribution in [0.25, 0.3) is 17.0 Å². The normalized spacial score (nSPS) is 16.0. The third-order valence-corrected chi connectivity index (χ3v) is 7.84. The highest BCUT2D eigenvalue weighted by Gasteiger charge is 2.25. The number of rotatable bonds is 4. The molecule has 8 heteroatoms. The third kappa shape index (κ3) is 4.87. The molecule has 1 N–H and O–H groups in total. The predicted molar refractivity (Wildman–Crippen MR) is 149 cm³/mol. The number of aryl methyl sites for hydroxylation is 1. The molecule has 4 aromatic rings. The van der Waals surface area contributed by atoms with Crippen molar-refractivity contribution >= 4 is 80.3 Å². The number of para-hydroxylation sites is 1. The van der Waals surface area contributed by atoms with Crippen LogP contribution in [0.1, 0.15) is 22.4 Å². The van der Waals surface area contributed by atoms with Gasteiger partial charge in [0, 0.05) is 43.8 Å². The Morgan fingerprint density at radius 1 is 1.00 bits per heavy atom. The fraction of sp³-hybridized carbons (Fsp3) is 0.111. The van der Waals surface area contributed by atoms with E-state index in [4.69, 9.17) is 34.8 Å². The Bertz CT molecular complexity index is 1560. The van der Waals surface area contributed by atoms with E-state index in [1.165, 1.54) is 11.8 Å². The Balaban J connectivity index is 1.52. The van der Waals surface area contributed by atoms with Gasteiger partial charge >= 0.3 is 0 Å². The highest BCUT2D eigenvalue weighted by atomic mass is 35.5. The van der Waals surface area contributed by atoms with E-state index in [1.807, 2.05) is 49.4 Å². The molecule has 1 amide bonds. The van der Waals surface area contributed by atoms with Gasteiger partial charge in [-0.05, 0) is 73.1 Å². The minimum Gasteiger partial charge on any atom is -0.340 e. The van der Waals surface area contributed by atoms with Gasteiger partial charge in [-0.15, -0.1) is 0 Å². The maximum Gasteiger partial charge on any atom is 0.264 e. The molecule has 0 unspecified atom stereocenters. The van der Waals surface area contributed by atoms with E-state index in [0.29, 0.717) is 37.4 Å². The van der Waals surface area contributed by atoms with Crippen molar-refractivity contribution in [3.05, 3.63) is 103 Å². The molecule has 2 heterocycles. The van der Waals surface area contributed by atoms with Crippen molar-refractivity contribution in [1.82, 2.24) is 9.88 Å². The molecule has 4 nitrogen and oxygen atoms in total. The molecule has 176 valence electrons. The van der Waals surface area contributed by atoms with Gasteiger partial charge in [-0.3, -0.25) is 4.79 Å². The first-order valence-electron chi connectivity index (χ1n) is 10.9. The first-order chi connectivity index (χ1) is 16.8. The first-order valence-corrected chi connectivity index (χ1v) is 12.8. The number of hydrogen-bond acceptors (Lipinski definition) is 3. The summed E-state index contributed by atoms with van der Waals surface area (Å²) in [4.78, 5) is 17.9. The molecule has 0 atom stereocenters. The monoisotopic (exact) mass is 539 g/mol. The van der Waals surface area contributed by atoms with Gasteiger partial charge in [-0.2, -0.15) is 0 Å². The highest BCUT2D eigenvalue weighted by Crippen LogP contribution is 2.34. The number of thioether (sulfide) groups is 1. The molecule has 1 aromatic heterocycles. The number of aliphatic imine (C=N–C) groups is 1. The van der Waals surface area contributed by atoms with Crippen molar-refractivity contribution in [1.29, 1.82) is 0 Å². The second kappa shape index (κ2) is 9.75. The van der Waals surface area contributed by atoms with Gasteiger partial charge in [-0.1, -0.05) is 65.1 Å². The third-order valence-electron chi connectivity index (χ3n) is 5.94. The number of carbonyl (C=O) groups excluding carboxylic acids is 1. The van der Waals surface area contributed by atoms with E-state index in [2.05, 4.69) is 33.9 Å². The molecule has 0 saturated carbocycles. The fourth-order valence-corrected chi connectivity index (χ4v) is 5.51. The van der Waals surface area contributed by atoms with E-state index >= 15 is 0 Å². The Labute approximate surface area is 222 Å². The Hall–Kier alpha value is -2.70. The van der Waals surface area contributed by atoms with Crippen molar-refractivity contribution in [3.63, 3.8) is 0 Å². The van der Waals surface area contributed by atoms with Gasteiger partial charge in [0.1, 0.15) is 0 Å². The van der Waals surface area contributed by atoms with Gasteiger partial charge < -0.3 is 9.88 Å². The van der Waals surface area contributed by atoms with E-state index in [-0.39, 0.29) is 5.91 Å². The van der Waals surface area contributed by atoms with Crippen molar-refractivity contribution in [3.8, 4) is 0 Å². The van der Waals surface area contributed by atoms with E-state index in [1.54, 1.807) is 12.1 Å². The number of nitrogens with one attached hydrogen (secondary N) is 1. The van der Waals surface area contributed by atoms with Crippen LogP contribution in [0.2, 0.25) is 15.1 Å². The second-order valence-electron chi connectivity index (χ2n) is 8.25. The standard InChI is InChI=1S/C27H20Cl3N3OS/c1-15-7-10-19(12-22(15)29)31-27-32-26(34)25(35-27)13-21-16(2)33(24-6-4-3-5-20(21)24)14-17-8-9-18(28)11-23(17)30/h3-13H,14H2,1-2H3,(H,31,32,34)/b25-13-. The summed E-state index contributed by atoms with van der Waals surface area (Å²) >= 11 is 20.1. The fourth-order valence-electron chi connectivity index (χ4n) is 4.04. The lowest BCUT2D eigenvalue weighted by atomic mass is 10.1. The van der Waals surface area contributed by atoms with E-state index in [9.17, 15) is 4.79 Å². The van der Waals surface area contributed by atoms with Gasteiger partial charge in [0.2, 0.25) is 0 Å². The minimum atomic E-state index is -0.177. The number of amides is 1. The zero-order chi connectivity index (χ0) is 24.7. The smallest absolute Gasteiger partial charge is 0.264 e. The van der Waals surface area contributed by atoms with Gasteiger partial charge in [-0.25, -0.2) is 4.99 Å². The van der Waals surface area contributed by atoms with E-state index < -0.39 is 0 Å². The lowest BCUT2D eigenvalue weighted by Crippen LogP contribution is -2.19. The molecular weight excluding hydrogens is 521 g/mol. The molecule has 1 aliphatic heterocycles. The lowest BCUT2D eigenvalue weighted by Gasteiger charge is -2.10. The van der Waals surface area contributed by atoms with Crippen LogP contribution in [0.4, 0.5) is 5.69 Å². The Morgan fingerprint density at radius 3 is 2.57 bits per heavy atom. The van der Waals surface area contributed by atoms with Crippen LogP contribution in [-0.2, 0) is 11.3 Å². The van der Waals surface area contributed by atoms with Gasteiger partial charge in [0.25, 0.3) is 5.91 Å².